The van der Waals surface area contributed by atoms with Crippen LogP contribution < -0.4 is 0 Å². The van der Waals surface area contributed by atoms with E-state index in [2.05, 4.69) is 28.9 Å². The van der Waals surface area contributed by atoms with Gasteiger partial charge in [-0.3, -0.25) is 5.10 Å². The Hall–Kier alpha value is -1.39. The van der Waals surface area contributed by atoms with Gasteiger partial charge in [0.25, 0.3) is 0 Å². The third kappa shape index (κ3) is 2.96. The molecule has 0 fully saturated rings. The highest BCUT2D eigenvalue weighted by Crippen LogP contribution is 2.26. The maximum absolute atomic E-state index is 10.4. The Balaban J connectivity index is 2.12. The first kappa shape index (κ1) is 14.0. The molecular formula is C15H23N3O. The van der Waals surface area contributed by atoms with Crippen LogP contribution in [-0.4, -0.2) is 39.8 Å². The molecule has 1 atom stereocenters. The van der Waals surface area contributed by atoms with Crippen LogP contribution in [0, 0.1) is 6.92 Å². The first-order chi connectivity index (χ1) is 9.17. The van der Waals surface area contributed by atoms with E-state index in [-0.39, 0.29) is 0 Å². The molecule has 104 valence electrons. The molecule has 0 aliphatic rings. The standard InChI is InChI=1S/C15H23N3O/c1-4-18(5-2)9-8-15(19)12-6-7-14-13(11(12)3)10-16-17-14/h6-7,10,15,19H,4-5,8-9H2,1-3H3,(H,16,17). The third-order valence-corrected chi connectivity index (χ3v) is 3.91. The Labute approximate surface area is 114 Å². The lowest BCUT2D eigenvalue weighted by molar-refractivity contribution is 0.145. The molecule has 2 rings (SSSR count). The van der Waals surface area contributed by atoms with Gasteiger partial charge in [-0.25, -0.2) is 0 Å². The first-order valence-corrected chi connectivity index (χ1v) is 7.00. The molecule has 4 nitrogen and oxygen atoms in total. The number of fused-ring (bicyclic) bond motifs is 1. The maximum Gasteiger partial charge on any atom is 0.0805 e. The van der Waals surface area contributed by atoms with E-state index in [0.29, 0.717) is 0 Å². The van der Waals surface area contributed by atoms with Crippen LogP contribution in [-0.2, 0) is 0 Å². The molecule has 1 aromatic heterocycles. The number of aromatic nitrogens is 2. The number of aryl methyl sites for hydroxylation is 1. The molecule has 2 aromatic rings. The molecule has 1 heterocycles. The Kier molecular flexibility index (Phi) is 4.56. The van der Waals surface area contributed by atoms with Crippen molar-refractivity contribution in [1.82, 2.24) is 15.1 Å². The van der Waals surface area contributed by atoms with Gasteiger partial charge in [-0.2, -0.15) is 5.10 Å². The van der Waals surface area contributed by atoms with Crippen LogP contribution in [0.5, 0.6) is 0 Å². The summed E-state index contributed by atoms with van der Waals surface area (Å²) in [7, 11) is 0. The molecule has 0 aliphatic heterocycles. The van der Waals surface area contributed by atoms with Crippen LogP contribution in [0.4, 0.5) is 0 Å². The number of rotatable bonds is 6. The van der Waals surface area contributed by atoms with Crippen molar-refractivity contribution in [2.75, 3.05) is 19.6 Å². The summed E-state index contributed by atoms with van der Waals surface area (Å²) in [5.41, 5.74) is 3.16. The highest BCUT2D eigenvalue weighted by atomic mass is 16.3. The molecule has 1 aromatic carbocycles. The van der Waals surface area contributed by atoms with Crippen molar-refractivity contribution in [3.63, 3.8) is 0 Å². The average Bonchev–Trinajstić information content (AvgIpc) is 2.89. The summed E-state index contributed by atoms with van der Waals surface area (Å²) in [5, 5.41) is 18.5. The van der Waals surface area contributed by atoms with E-state index in [1.807, 2.05) is 25.3 Å². The van der Waals surface area contributed by atoms with Crippen molar-refractivity contribution in [1.29, 1.82) is 0 Å². The minimum Gasteiger partial charge on any atom is -0.388 e. The van der Waals surface area contributed by atoms with E-state index in [9.17, 15) is 5.11 Å². The predicted molar refractivity (Wildman–Crippen MR) is 78.2 cm³/mol. The molecule has 19 heavy (non-hydrogen) atoms. The molecule has 0 radical (unpaired) electrons. The second kappa shape index (κ2) is 6.17. The number of nitrogens with zero attached hydrogens (tertiary/aromatic N) is 2. The van der Waals surface area contributed by atoms with Gasteiger partial charge in [-0.15, -0.1) is 0 Å². The van der Waals surface area contributed by atoms with Crippen molar-refractivity contribution in [3.8, 4) is 0 Å². The number of aliphatic hydroxyl groups is 1. The largest absolute Gasteiger partial charge is 0.388 e. The normalized spacial score (nSPS) is 13.3. The Morgan fingerprint density at radius 3 is 2.74 bits per heavy atom. The van der Waals surface area contributed by atoms with Crippen molar-refractivity contribution in [2.45, 2.75) is 33.3 Å². The molecule has 0 saturated heterocycles. The Bertz CT molecular complexity index is 531. The molecule has 0 spiro atoms. The molecule has 0 saturated carbocycles. The van der Waals surface area contributed by atoms with Crippen molar-refractivity contribution in [2.24, 2.45) is 0 Å². The summed E-state index contributed by atoms with van der Waals surface area (Å²) >= 11 is 0. The van der Waals surface area contributed by atoms with Gasteiger partial charge in [0.15, 0.2) is 0 Å². The minimum absolute atomic E-state index is 0.403. The van der Waals surface area contributed by atoms with Gasteiger partial charge < -0.3 is 10.0 Å². The van der Waals surface area contributed by atoms with Gasteiger partial charge in [0.2, 0.25) is 0 Å². The number of nitrogens with one attached hydrogen (secondary N) is 1. The van der Waals surface area contributed by atoms with Gasteiger partial charge >= 0.3 is 0 Å². The van der Waals surface area contributed by atoms with Crippen LogP contribution in [0.3, 0.4) is 0 Å². The highest BCUT2D eigenvalue weighted by Gasteiger charge is 2.14. The predicted octanol–water partition coefficient (Wildman–Crippen LogP) is 2.64. The Morgan fingerprint density at radius 1 is 1.32 bits per heavy atom. The van der Waals surface area contributed by atoms with Gasteiger partial charge in [-0.05, 0) is 43.6 Å². The van der Waals surface area contributed by atoms with Crippen LogP contribution in [0.1, 0.15) is 37.5 Å². The number of benzene rings is 1. The van der Waals surface area contributed by atoms with Crippen LogP contribution >= 0.6 is 0 Å². The SMILES string of the molecule is CCN(CC)CCC(O)c1ccc2[nH]ncc2c1C. The van der Waals surface area contributed by atoms with Gasteiger partial charge in [0.1, 0.15) is 0 Å². The third-order valence-electron chi connectivity index (χ3n) is 3.91. The minimum atomic E-state index is -0.403. The fourth-order valence-electron chi connectivity index (χ4n) is 2.54. The summed E-state index contributed by atoms with van der Waals surface area (Å²) in [6.07, 6.45) is 2.19. The summed E-state index contributed by atoms with van der Waals surface area (Å²) in [5.74, 6) is 0. The highest BCUT2D eigenvalue weighted by molar-refractivity contribution is 5.82. The number of hydrogen-bond acceptors (Lipinski definition) is 3. The van der Waals surface area contributed by atoms with Crippen molar-refractivity contribution < 1.29 is 5.11 Å². The van der Waals surface area contributed by atoms with Crippen molar-refractivity contribution in [3.05, 3.63) is 29.5 Å². The smallest absolute Gasteiger partial charge is 0.0805 e. The Morgan fingerprint density at radius 2 is 2.05 bits per heavy atom. The van der Waals surface area contributed by atoms with E-state index in [1.165, 1.54) is 0 Å². The number of hydrogen-bond donors (Lipinski definition) is 2. The van der Waals surface area contributed by atoms with Gasteiger partial charge in [0, 0.05) is 11.9 Å². The summed E-state index contributed by atoms with van der Waals surface area (Å²) in [6.45, 7) is 9.34. The summed E-state index contributed by atoms with van der Waals surface area (Å²) in [6, 6.07) is 3.99. The molecule has 0 bridgehead atoms. The van der Waals surface area contributed by atoms with Crippen molar-refractivity contribution >= 4 is 10.9 Å². The topological polar surface area (TPSA) is 52.1 Å². The molecular weight excluding hydrogens is 238 g/mol. The fraction of sp³-hybridized carbons (Fsp3) is 0.533. The number of H-pyrrole nitrogens is 1. The van der Waals surface area contributed by atoms with E-state index in [1.54, 1.807) is 0 Å². The fourth-order valence-corrected chi connectivity index (χ4v) is 2.54. The summed E-state index contributed by atoms with van der Waals surface area (Å²) in [4.78, 5) is 2.33. The first-order valence-electron chi connectivity index (χ1n) is 7.00. The molecule has 1 unspecified atom stereocenters. The zero-order valence-electron chi connectivity index (χ0n) is 12.0. The van der Waals surface area contributed by atoms with Gasteiger partial charge in [-0.1, -0.05) is 19.9 Å². The lowest BCUT2D eigenvalue weighted by atomic mass is 9.98. The van der Waals surface area contributed by atoms with Gasteiger partial charge in [0.05, 0.1) is 17.8 Å². The van der Waals surface area contributed by atoms with Crippen LogP contribution in [0.25, 0.3) is 10.9 Å². The average molecular weight is 261 g/mol. The zero-order chi connectivity index (χ0) is 13.8. The molecule has 4 heteroatoms. The quantitative estimate of drug-likeness (QED) is 0.840. The number of aliphatic hydroxyl groups excluding tert-OH is 1. The van der Waals surface area contributed by atoms with Crippen LogP contribution in [0.2, 0.25) is 0 Å². The van der Waals surface area contributed by atoms with E-state index in [0.717, 1.165) is 48.1 Å². The zero-order valence-corrected chi connectivity index (χ0v) is 12.0. The molecule has 0 aliphatic carbocycles. The van der Waals surface area contributed by atoms with Crippen LogP contribution in [0.15, 0.2) is 18.3 Å². The van der Waals surface area contributed by atoms with E-state index in [4.69, 9.17) is 0 Å². The molecule has 0 amide bonds. The maximum atomic E-state index is 10.4. The number of aromatic amines is 1. The summed E-state index contributed by atoms with van der Waals surface area (Å²) < 4.78 is 0. The van der Waals surface area contributed by atoms with E-state index >= 15 is 0 Å². The lowest BCUT2D eigenvalue weighted by Gasteiger charge is -2.21. The second-order valence-corrected chi connectivity index (χ2v) is 4.94. The van der Waals surface area contributed by atoms with E-state index < -0.39 is 6.10 Å². The monoisotopic (exact) mass is 261 g/mol. The molecule has 2 N–H and O–H groups in total. The lowest BCUT2D eigenvalue weighted by Crippen LogP contribution is -2.25. The second-order valence-electron chi connectivity index (χ2n) is 4.94.